The molecule has 1 heterocycles. The van der Waals surface area contributed by atoms with E-state index in [2.05, 4.69) is 17.1 Å². The Morgan fingerprint density at radius 2 is 2.27 bits per heavy atom. The Bertz CT molecular complexity index is 345. The minimum Gasteiger partial charge on any atom is -0.377 e. The van der Waals surface area contributed by atoms with Crippen LogP contribution < -0.4 is 0 Å². The topological polar surface area (TPSA) is 42.8 Å². The molecule has 0 fully saturated rings. The van der Waals surface area contributed by atoms with Crippen LogP contribution in [-0.2, 0) is 17.7 Å². The third kappa shape index (κ3) is 3.43. The highest BCUT2D eigenvalue weighted by atomic mass is 32.1. The van der Waals surface area contributed by atoms with E-state index in [1.165, 1.54) is 0 Å². The van der Waals surface area contributed by atoms with E-state index in [1.54, 1.807) is 0 Å². The largest absolute Gasteiger partial charge is 0.377 e. The van der Waals surface area contributed by atoms with E-state index in [0.717, 1.165) is 31.8 Å². The van der Waals surface area contributed by atoms with Gasteiger partial charge in [-0.3, -0.25) is 5.10 Å². The molecule has 0 aliphatic rings. The molecule has 15 heavy (non-hydrogen) atoms. The van der Waals surface area contributed by atoms with Crippen LogP contribution in [0.2, 0.25) is 0 Å². The lowest BCUT2D eigenvalue weighted by Crippen LogP contribution is -2.18. The van der Waals surface area contributed by atoms with E-state index in [4.69, 9.17) is 17.0 Å². The lowest BCUT2D eigenvalue weighted by molar-refractivity contribution is 0.0631. The summed E-state index contributed by atoms with van der Waals surface area (Å²) in [6, 6.07) is 0. The molecule has 1 aromatic heterocycles. The van der Waals surface area contributed by atoms with Gasteiger partial charge in [0.05, 0.1) is 12.6 Å². The van der Waals surface area contributed by atoms with Crippen LogP contribution in [-0.4, -0.2) is 27.5 Å². The van der Waals surface area contributed by atoms with Crippen molar-refractivity contribution in [2.45, 2.75) is 46.3 Å². The fourth-order valence-corrected chi connectivity index (χ4v) is 1.77. The molecule has 1 unspecified atom stereocenters. The number of aryl methyl sites for hydroxylation is 1. The summed E-state index contributed by atoms with van der Waals surface area (Å²) in [6.07, 6.45) is 2.20. The highest BCUT2D eigenvalue weighted by molar-refractivity contribution is 7.71. The molecule has 1 rings (SSSR count). The average Bonchev–Trinajstić information content (AvgIpc) is 2.51. The molecular weight excluding hydrogens is 210 g/mol. The van der Waals surface area contributed by atoms with Gasteiger partial charge < -0.3 is 9.30 Å². The van der Waals surface area contributed by atoms with Gasteiger partial charge >= 0.3 is 0 Å². The van der Waals surface area contributed by atoms with Gasteiger partial charge in [-0.05, 0) is 32.5 Å². The molecule has 0 saturated heterocycles. The molecule has 0 amide bonds. The average molecular weight is 229 g/mol. The molecule has 0 radical (unpaired) electrons. The van der Waals surface area contributed by atoms with Gasteiger partial charge in [0, 0.05) is 13.0 Å². The Kier molecular flexibility index (Phi) is 4.98. The van der Waals surface area contributed by atoms with E-state index in [9.17, 15) is 0 Å². The number of nitrogens with one attached hydrogen (secondary N) is 1. The maximum Gasteiger partial charge on any atom is 0.195 e. The van der Waals surface area contributed by atoms with E-state index < -0.39 is 0 Å². The van der Waals surface area contributed by atoms with Gasteiger partial charge in [0.25, 0.3) is 0 Å². The first-order chi connectivity index (χ1) is 7.19. The van der Waals surface area contributed by atoms with Gasteiger partial charge in [-0.1, -0.05) is 6.92 Å². The fourth-order valence-electron chi connectivity index (χ4n) is 1.55. The second-order valence-corrected chi connectivity index (χ2v) is 3.96. The summed E-state index contributed by atoms with van der Waals surface area (Å²) in [7, 11) is 0. The van der Waals surface area contributed by atoms with E-state index in [-0.39, 0.29) is 6.10 Å². The summed E-state index contributed by atoms with van der Waals surface area (Å²) in [6.45, 7) is 7.69. The minimum absolute atomic E-state index is 0.176. The second-order valence-electron chi connectivity index (χ2n) is 3.57. The van der Waals surface area contributed by atoms with Crippen LogP contribution in [0.1, 0.15) is 33.0 Å². The molecule has 0 spiro atoms. The summed E-state index contributed by atoms with van der Waals surface area (Å²) >= 11 is 5.18. The number of H-pyrrole nitrogens is 1. The first-order valence-electron chi connectivity index (χ1n) is 5.44. The molecule has 1 atom stereocenters. The van der Waals surface area contributed by atoms with Crippen molar-refractivity contribution in [2.24, 2.45) is 0 Å². The van der Waals surface area contributed by atoms with Gasteiger partial charge in [0.15, 0.2) is 4.77 Å². The van der Waals surface area contributed by atoms with Crippen LogP contribution in [0.15, 0.2) is 0 Å². The van der Waals surface area contributed by atoms with Crippen LogP contribution in [0.25, 0.3) is 0 Å². The zero-order valence-corrected chi connectivity index (χ0v) is 10.4. The van der Waals surface area contributed by atoms with E-state index >= 15 is 0 Å². The molecule has 5 heteroatoms. The molecule has 1 aromatic rings. The molecule has 0 aliphatic carbocycles. The zero-order valence-electron chi connectivity index (χ0n) is 9.62. The summed E-state index contributed by atoms with van der Waals surface area (Å²) < 4.78 is 8.21. The Labute approximate surface area is 95.7 Å². The summed E-state index contributed by atoms with van der Waals surface area (Å²) in [5, 5.41) is 7.04. The summed E-state index contributed by atoms with van der Waals surface area (Å²) in [5.74, 6) is 1.02. The predicted octanol–water partition coefficient (Wildman–Crippen LogP) is 2.32. The van der Waals surface area contributed by atoms with Crippen LogP contribution in [0.4, 0.5) is 0 Å². The number of hydrogen-bond donors (Lipinski definition) is 1. The minimum atomic E-state index is 0.176. The Hall–Kier alpha value is -0.680. The van der Waals surface area contributed by atoms with Crippen molar-refractivity contribution in [1.29, 1.82) is 0 Å². The SMILES string of the molecule is CCCc1n[nH]c(=S)n1CC(C)OCC. The van der Waals surface area contributed by atoms with Gasteiger partial charge in [-0.15, -0.1) is 0 Å². The Morgan fingerprint density at radius 3 is 2.87 bits per heavy atom. The predicted molar refractivity (Wildman–Crippen MR) is 62.5 cm³/mol. The van der Waals surface area contributed by atoms with Crippen molar-refractivity contribution in [1.82, 2.24) is 14.8 Å². The van der Waals surface area contributed by atoms with E-state index in [0.29, 0.717) is 4.77 Å². The Balaban J connectivity index is 2.73. The molecule has 86 valence electrons. The number of hydrogen-bond acceptors (Lipinski definition) is 3. The van der Waals surface area contributed by atoms with Gasteiger partial charge in [0.2, 0.25) is 0 Å². The zero-order chi connectivity index (χ0) is 11.3. The normalized spacial score (nSPS) is 13.0. The number of aromatic amines is 1. The van der Waals surface area contributed by atoms with Crippen molar-refractivity contribution >= 4 is 12.2 Å². The highest BCUT2D eigenvalue weighted by Crippen LogP contribution is 2.04. The van der Waals surface area contributed by atoms with Crippen LogP contribution in [0, 0.1) is 4.77 Å². The van der Waals surface area contributed by atoms with Crippen LogP contribution >= 0.6 is 12.2 Å². The Morgan fingerprint density at radius 1 is 1.53 bits per heavy atom. The highest BCUT2D eigenvalue weighted by Gasteiger charge is 2.08. The second kappa shape index (κ2) is 6.02. The van der Waals surface area contributed by atoms with Gasteiger partial charge in [-0.2, -0.15) is 5.10 Å². The first-order valence-corrected chi connectivity index (χ1v) is 5.85. The molecule has 0 aliphatic heterocycles. The van der Waals surface area contributed by atoms with E-state index in [1.807, 2.05) is 18.4 Å². The quantitative estimate of drug-likeness (QED) is 0.761. The van der Waals surface area contributed by atoms with Crippen molar-refractivity contribution in [3.05, 3.63) is 10.6 Å². The smallest absolute Gasteiger partial charge is 0.195 e. The number of ether oxygens (including phenoxy) is 1. The number of nitrogens with zero attached hydrogens (tertiary/aromatic N) is 2. The first kappa shape index (κ1) is 12.4. The van der Waals surface area contributed by atoms with Crippen molar-refractivity contribution < 1.29 is 4.74 Å². The summed E-state index contributed by atoms with van der Waals surface area (Å²) in [5.41, 5.74) is 0. The molecule has 1 N–H and O–H groups in total. The summed E-state index contributed by atoms with van der Waals surface area (Å²) in [4.78, 5) is 0. The number of aromatic nitrogens is 3. The molecule has 4 nitrogen and oxygen atoms in total. The number of rotatable bonds is 6. The van der Waals surface area contributed by atoms with Crippen molar-refractivity contribution in [2.75, 3.05) is 6.61 Å². The monoisotopic (exact) mass is 229 g/mol. The van der Waals surface area contributed by atoms with Crippen LogP contribution in [0.5, 0.6) is 0 Å². The van der Waals surface area contributed by atoms with Gasteiger partial charge in [-0.25, -0.2) is 0 Å². The van der Waals surface area contributed by atoms with Gasteiger partial charge in [0.1, 0.15) is 5.82 Å². The molecule has 0 bridgehead atoms. The fraction of sp³-hybridized carbons (Fsp3) is 0.800. The third-order valence-electron chi connectivity index (χ3n) is 2.20. The molecular formula is C10H19N3OS. The van der Waals surface area contributed by atoms with Crippen molar-refractivity contribution in [3.63, 3.8) is 0 Å². The molecule has 0 saturated carbocycles. The third-order valence-corrected chi connectivity index (χ3v) is 2.51. The standard InChI is InChI=1S/C10H19N3OS/c1-4-6-9-11-12-10(15)13(9)7-8(3)14-5-2/h8H,4-7H2,1-3H3,(H,12,15). The lowest BCUT2D eigenvalue weighted by atomic mass is 10.3. The van der Waals surface area contributed by atoms with Crippen molar-refractivity contribution in [3.8, 4) is 0 Å². The van der Waals surface area contributed by atoms with Crippen LogP contribution in [0.3, 0.4) is 0 Å². The molecule has 0 aromatic carbocycles. The maximum absolute atomic E-state index is 5.49. The maximum atomic E-state index is 5.49. The lowest BCUT2D eigenvalue weighted by Gasteiger charge is -2.13.